The Bertz CT molecular complexity index is 680. The average molecular weight is 304 g/mol. The van der Waals surface area contributed by atoms with E-state index in [9.17, 15) is 0 Å². The molecule has 4 rings (SSSR count). The summed E-state index contributed by atoms with van der Waals surface area (Å²) in [4.78, 5) is 12.0. The second-order valence-corrected chi connectivity index (χ2v) is 7.04. The summed E-state index contributed by atoms with van der Waals surface area (Å²) in [6.45, 7) is 0. The molecule has 2 aromatic rings. The number of aromatic nitrogens is 2. The Labute approximate surface area is 127 Å². The van der Waals surface area contributed by atoms with E-state index in [1.165, 1.54) is 36.1 Å². The van der Waals surface area contributed by atoms with Crippen LogP contribution in [0.2, 0.25) is 0 Å². The first-order valence-corrected chi connectivity index (χ1v) is 8.45. The summed E-state index contributed by atoms with van der Waals surface area (Å²) in [6, 6.07) is 0. The lowest BCUT2D eigenvalue weighted by atomic mass is 9.97. The molecule has 0 aromatic carbocycles. The molecule has 2 aromatic heterocycles. The molecule has 0 bridgehead atoms. The van der Waals surface area contributed by atoms with E-state index in [2.05, 4.69) is 10.4 Å². The molecule has 2 aliphatic rings. The Kier molecular flexibility index (Phi) is 3.32. The topological polar surface area (TPSA) is 73.1 Å². The van der Waals surface area contributed by atoms with Crippen LogP contribution in [0.15, 0.2) is 0 Å². The van der Waals surface area contributed by atoms with Gasteiger partial charge in [-0.3, -0.25) is 0 Å². The average Bonchev–Trinajstić information content (AvgIpc) is 3.27. The van der Waals surface area contributed by atoms with Gasteiger partial charge in [-0.25, -0.2) is 15.8 Å². The number of hydrogen-bond acceptors (Lipinski definition) is 6. The number of methoxy groups -OCH3 is 1. The van der Waals surface area contributed by atoms with Crippen molar-refractivity contribution in [1.29, 1.82) is 0 Å². The molecule has 112 valence electrons. The van der Waals surface area contributed by atoms with Crippen molar-refractivity contribution in [3.63, 3.8) is 0 Å². The van der Waals surface area contributed by atoms with Crippen molar-refractivity contribution in [2.24, 2.45) is 11.8 Å². The minimum Gasteiger partial charge on any atom is -0.373 e. The third kappa shape index (κ3) is 2.22. The standard InChI is InChI=1S/C15H20N4OS/c1-20-12(8-6-7-8)14-17-13(19-16)11-9-4-2-3-5-10(9)21-15(11)18-14/h8,12H,2-7,16H2,1H3,(H,17,18,19). The number of thiophene rings is 1. The predicted molar refractivity (Wildman–Crippen MR) is 84.3 cm³/mol. The van der Waals surface area contributed by atoms with Gasteiger partial charge in [-0.2, -0.15) is 0 Å². The molecular formula is C15H20N4OS. The number of hydrogen-bond donors (Lipinski definition) is 2. The third-order valence-electron chi connectivity index (χ3n) is 4.53. The molecule has 1 atom stereocenters. The Morgan fingerprint density at radius 2 is 2.10 bits per heavy atom. The Balaban J connectivity index is 1.87. The summed E-state index contributed by atoms with van der Waals surface area (Å²) < 4.78 is 5.62. The molecule has 0 aliphatic heterocycles. The number of hydrazine groups is 1. The molecular weight excluding hydrogens is 284 g/mol. The van der Waals surface area contributed by atoms with E-state index in [4.69, 9.17) is 15.6 Å². The van der Waals surface area contributed by atoms with Crippen molar-refractivity contribution in [1.82, 2.24) is 9.97 Å². The highest BCUT2D eigenvalue weighted by atomic mass is 32.1. The Morgan fingerprint density at radius 3 is 2.81 bits per heavy atom. The smallest absolute Gasteiger partial charge is 0.161 e. The van der Waals surface area contributed by atoms with Gasteiger partial charge in [0.1, 0.15) is 10.9 Å². The van der Waals surface area contributed by atoms with Crippen LogP contribution in [0.3, 0.4) is 0 Å². The SMILES string of the molecule is COC(c1nc(NN)c2c3c(sc2n1)CCCC3)C1CC1. The van der Waals surface area contributed by atoms with E-state index in [1.54, 1.807) is 18.4 Å². The molecule has 0 amide bonds. The molecule has 0 saturated heterocycles. The fraction of sp³-hybridized carbons (Fsp3) is 0.600. The van der Waals surface area contributed by atoms with Gasteiger partial charge in [0.15, 0.2) is 11.6 Å². The molecule has 1 saturated carbocycles. The number of nitrogens with zero attached hydrogens (tertiary/aromatic N) is 2. The number of ether oxygens (including phenoxy) is 1. The lowest BCUT2D eigenvalue weighted by Crippen LogP contribution is -2.14. The summed E-state index contributed by atoms with van der Waals surface area (Å²) in [5.41, 5.74) is 4.19. The predicted octanol–water partition coefficient (Wildman–Crippen LogP) is 2.95. The zero-order valence-electron chi connectivity index (χ0n) is 12.2. The number of anilines is 1. The van der Waals surface area contributed by atoms with Gasteiger partial charge in [0.25, 0.3) is 0 Å². The zero-order valence-corrected chi connectivity index (χ0v) is 13.0. The third-order valence-corrected chi connectivity index (χ3v) is 5.71. The zero-order chi connectivity index (χ0) is 14.4. The Hall–Kier alpha value is -1.24. The number of nitrogen functional groups attached to an aromatic ring is 1. The van der Waals surface area contributed by atoms with Crippen molar-refractivity contribution in [2.75, 3.05) is 12.5 Å². The molecule has 5 nitrogen and oxygen atoms in total. The van der Waals surface area contributed by atoms with Crippen LogP contribution in [0.4, 0.5) is 5.82 Å². The van der Waals surface area contributed by atoms with Gasteiger partial charge in [-0.15, -0.1) is 11.3 Å². The van der Waals surface area contributed by atoms with E-state index in [0.717, 1.165) is 34.7 Å². The van der Waals surface area contributed by atoms with Gasteiger partial charge in [0, 0.05) is 12.0 Å². The van der Waals surface area contributed by atoms with E-state index >= 15 is 0 Å². The summed E-state index contributed by atoms with van der Waals surface area (Å²) in [6.07, 6.45) is 7.19. The van der Waals surface area contributed by atoms with Crippen molar-refractivity contribution in [2.45, 2.75) is 44.6 Å². The summed E-state index contributed by atoms with van der Waals surface area (Å²) in [5, 5.41) is 1.13. The lowest BCUT2D eigenvalue weighted by Gasteiger charge is -2.15. The molecule has 0 spiro atoms. The normalized spacial score (nSPS) is 19.5. The number of nitrogens with two attached hydrogens (primary N) is 1. The van der Waals surface area contributed by atoms with Crippen LogP contribution < -0.4 is 11.3 Å². The van der Waals surface area contributed by atoms with Gasteiger partial charge in [0.05, 0.1) is 5.39 Å². The Morgan fingerprint density at radius 1 is 1.29 bits per heavy atom. The van der Waals surface area contributed by atoms with Crippen LogP contribution in [0.1, 0.15) is 48.1 Å². The minimum atomic E-state index is 0.000582. The van der Waals surface area contributed by atoms with Crippen LogP contribution in [0.5, 0.6) is 0 Å². The second kappa shape index (κ2) is 5.19. The first-order valence-electron chi connectivity index (χ1n) is 7.63. The van der Waals surface area contributed by atoms with E-state index < -0.39 is 0 Å². The van der Waals surface area contributed by atoms with Crippen molar-refractivity contribution >= 4 is 27.4 Å². The summed E-state index contributed by atoms with van der Waals surface area (Å²) >= 11 is 1.80. The van der Waals surface area contributed by atoms with Crippen molar-refractivity contribution in [3.05, 3.63) is 16.3 Å². The maximum absolute atomic E-state index is 5.73. The van der Waals surface area contributed by atoms with Crippen LogP contribution in [0.25, 0.3) is 10.2 Å². The van der Waals surface area contributed by atoms with Crippen LogP contribution in [-0.4, -0.2) is 17.1 Å². The maximum Gasteiger partial charge on any atom is 0.161 e. The van der Waals surface area contributed by atoms with Gasteiger partial charge in [0.2, 0.25) is 0 Å². The number of aryl methyl sites for hydroxylation is 2. The van der Waals surface area contributed by atoms with Gasteiger partial charge < -0.3 is 10.2 Å². The van der Waals surface area contributed by atoms with Crippen LogP contribution in [0, 0.1) is 5.92 Å². The highest BCUT2D eigenvalue weighted by Crippen LogP contribution is 2.44. The van der Waals surface area contributed by atoms with Crippen LogP contribution in [-0.2, 0) is 17.6 Å². The van der Waals surface area contributed by atoms with E-state index in [-0.39, 0.29) is 6.10 Å². The molecule has 21 heavy (non-hydrogen) atoms. The van der Waals surface area contributed by atoms with E-state index in [1.807, 2.05) is 0 Å². The molecule has 1 fully saturated rings. The summed E-state index contributed by atoms with van der Waals surface area (Å²) in [5.74, 6) is 7.83. The van der Waals surface area contributed by atoms with Crippen molar-refractivity contribution < 1.29 is 4.74 Å². The molecule has 1 unspecified atom stereocenters. The molecule has 0 radical (unpaired) electrons. The molecule has 2 heterocycles. The molecule has 2 aliphatic carbocycles. The largest absolute Gasteiger partial charge is 0.373 e. The fourth-order valence-electron chi connectivity index (χ4n) is 3.31. The first kappa shape index (κ1) is 13.4. The monoisotopic (exact) mass is 304 g/mol. The number of nitrogens with one attached hydrogen (secondary N) is 1. The maximum atomic E-state index is 5.73. The van der Waals surface area contributed by atoms with Crippen LogP contribution >= 0.6 is 11.3 Å². The highest BCUT2D eigenvalue weighted by Gasteiger charge is 2.35. The fourth-order valence-corrected chi connectivity index (χ4v) is 4.58. The lowest BCUT2D eigenvalue weighted by molar-refractivity contribution is 0.0776. The number of fused-ring (bicyclic) bond motifs is 3. The highest BCUT2D eigenvalue weighted by molar-refractivity contribution is 7.19. The quantitative estimate of drug-likeness (QED) is 0.671. The van der Waals surface area contributed by atoms with Gasteiger partial charge in [-0.1, -0.05) is 0 Å². The number of rotatable bonds is 4. The second-order valence-electron chi connectivity index (χ2n) is 5.96. The minimum absolute atomic E-state index is 0.000582. The van der Waals surface area contributed by atoms with Crippen molar-refractivity contribution in [3.8, 4) is 0 Å². The van der Waals surface area contributed by atoms with Gasteiger partial charge in [-0.05, 0) is 50.0 Å². The molecule has 6 heteroatoms. The van der Waals surface area contributed by atoms with E-state index in [0.29, 0.717) is 5.92 Å². The van der Waals surface area contributed by atoms with Gasteiger partial charge >= 0.3 is 0 Å². The summed E-state index contributed by atoms with van der Waals surface area (Å²) in [7, 11) is 1.74. The molecule has 3 N–H and O–H groups in total. The first-order chi connectivity index (χ1) is 10.3.